The number of nitrogens with zero attached hydrogens (tertiary/aromatic N) is 5. The van der Waals surface area contributed by atoms with Gasteiger partial charge in [0, 0.05) is 25.3 Å². The van der Waals surface area contributed by atoms with Crippen molar-refractivity contribution in [3.63, 3.8) is 0 Å². The summed E-state index contributed by atoms with van der Waals surface area (Å²) >= 11 is 1.41. The van der Waals surface area contributed by atoms with E-state index in [2.05, 4.69) is 20.5 Å². The number of morpholine rings is 1. The van der Waals surface area contributed by atoms with Gasteiger partial charge in [-0.3, -0.25) is 19.0 Å². The predicted molar refractivity (Wildman–Crippen MR) is 129 cm³/mol. The summed E-state index contributed by atoms with van der Waals surface area (Å²) in [5.41, 5.74) is 2.14. The molecule has 0 saturated carbocycles. The SMILES string of the molecule is O=C(NCC1=NCCC1)c1c(=O)c2cc(N3CCOCC3)nnc2n2c1sc1ccccc12. The lowest BCUT2D eigenvalue weighted by Gasteiger charge is -2.27. The zero-order valence-electron chi connectivity index (χ0n) is 17.9. The molecule has 1 saturated heterocycles. The molecule has 0 unspecified atom stereocenters. The first-order chi connectivity index (χ1) is 16.2. The van der Waals surface area contributed by atoms with Crippen LogP contribution in [0.1, 0.15) is 23.2 Å². The number of aliphatic imine (C=N–C) groups is 1. The van der Waals surface area contributed by atoms with Crippen LogP contribution in [0, 0.1) is 0 Å². The van der Waals surface area contributed by atoms with E-state index in [0.29, 0.717) is 54.5 Å². The molecule has 33 heavy (non-hydrogen) atoms. The molecule has 0 spiro atoms. The van der Waals surface area contributed by atoms with Crippen LogP contribution in [0.4, 0.5) is 5.82 Å². The van der Waals surface area contributed by atoms with Crippen molar-refractivity contribution in [3.8, 4) is 0 Å². The first-order valence-electron chi connectivity index (χ1n) is 11.1. The Hall–Kier alpha value is -3.37. The number of benzene rings is 1. The van der Waals surface area contributed by atoms with Gasteiger partial charge in [0.15, 0.2) is 11.5 Å². The van der Waals surface area contributed by atoms with Gasteiger partial charge < -0.3 is 15.0 Å². The van der Waals surface area contributed by atoms with E-state index in [-0.39, 0.29) is 16.9 Å². The van der Waals surface area contributed by atoms with Gasteiger partial charge >= 0.3 is 0 Å². The maximum atomic E-state index is 13.7. The molecule has 0 atom stereocenters. The lowest BCUT2D eigenvalue weighted by Crippen LogP contribution is -2.37. The molecular weight excluding hydrogens is 440 g/mol. The minimum Gasteiger partial charge on any atom is -0.378 e. The van der Waals surface area contributed by atoms with Gasteiger partial charge in [-0.05, 0) is 31.0 Å². The Bertz CT molecular complexity index is 1480. The second-order valence-corrected chi connectivity index (χ2v) is 9.22. The minimum atomic E-state index is -0.384. The highest BCUT2D eigenvalue weighted by molar-refractivity contribution is 7.24. The highest BCUT2D eigenvalue weighted by Gasteiger charge is 2.24. The summed E-state index contributed by atoms with van der Waals surface area (Å²) in [4.78, 5) is 34.0. The second-order valence-electron chi connectivity index (χ2n) is 8.19. The number of ether oxygens (including phenoxy) is 1. The molecule has 5 heterocycles. The Morgan fingerprint density at radius 3 is 2.85 bits per heavy atom. The van der Waals surface area contributed by atoms with Crippen LogP contribution in [-0.4, -0.2) is 65.6 Å². The number of rotatable bonds is 4. The zero-order chi connectivity index (χ0) is 22.4. The lowest BCUT2D eigenvalue weighted by molar-refractivity contribution is 0.0960. The number of carbonyl (C=O) groups excluding carboxylic acids is 1. The van der Waals surface area contributed by atoms with Gasteiger partial charge in [0.2, 0.25) is 5.43 Å². The molecule has 1 amide bonds. The Kier molecular flexibility index (Phi) is 5.03. The fraction of sp³-hybridized carbons (Fsp3) is 0.348. The Morgan fingerprint density at radius 1 is 1.18 bits per heavy atom. The number of hydrogen-bond donors (Lipinski definition) is 1. The molecule has 9 nitrogen and oxygen atoms in total. The van der Waals surface area contributed by atoms with E-state index in [1.54, 1.807) is 6.07 Å². The van der Waals surface area contributed by atoms with E-state index < -0.39 is 0 Å². The van der Waals surface area contributed by atoms with Crippen molar-refractivity contribution in [2.24, 2.45) is 4.99 Å². The van der Waals surface area contributed by atoms with E-state index in [9.17, 15) is 9.59 Å². The number of pyridine rings is 1. The molecule has 168 valence electrons. The highest BCUT2D eigenvalue weighted by atomic mass is 32.1. The molecule has 6 rings (SSSR count). The number of nitrogens with one attached hydrogen (secondary N) is 1. The number of fused-ring (bicyclic) bond motifs is 5. The number of thiazole rings is 1. The zero-order valence-corrected chi connectivity index (χ0v) is 18.7. The molecule has 2 aliphatic heterocycles. The topological polar surface area (TPSA) is 101 Å². The Balaban J connectivity index is 1.55. The first kappa shape index (κ1) is 20.3. The quantitative estimate of drug-likeness (QED) is 0.499. The van der Waals surface area contributed by atoms with Crippen molar-refractivity contribution in [2.75, 3.05) is 44.3 Å². The standard InChI is InChI=1S/C23H22N6O3S/c30-20-15-12-18(28-8-10-32-11-9-28)26-27-21(15)29-16-5-1-2-6-17(16)33-23(29)19(20)22(31)25-13-14-4-3-7-24-14/h1-2,5-6,12H,3-4,7-11,13H2,(H,25,31). The number of aromatic nitrogens is 3. The van der Waals surface area contributed by atoms with Gasteiger partial charge in [0.1, 0.15) is 10.4 Å². The average molecular weight is 463 g/mol. The van der Waals surface area contributed by atoms with Crippen LogP contribution >= 0.6 is 11.3 Å². The van der Waals surface area contributed by atoms with Crippen molar-refractivity contribution in [2.45, 2.75) is 12.8 Å². The van der Waals surface area contributed by atoms with E-state index in [1.807, 2.05) is 33.6 Å². The van der Waals surface area contributed by atoms with Gasteiger partial charge in [0.25, 0.3) is 5.91 Å². The van der Waals surface area contributed by atoms with Crippen LogP contribution < -0.4 is 15.6 Å². The van der Waals surface area contributed by atoms with Gasteiger partial charge in [-0.2, -0.15) is 0 Å². The van der Waals surface area contributed by atoms with Crippen molar-refractivity contribution >= 4 is 54.9 Å². The fourth-order valence-corrected chi connectivity index (χ4v) is 5.64. The number of para-hydroxylation sites is 1. The largest absolute Gasteiger partial charge is 0.378 e. The minimum absolute atomic E-state index is 0.142. The maximum absolute atomic E-state index is 13.7. The lowest BCUT2D eigenvalue weighted by atomic mass is 10.1. The molecule has 4 aromatic rings. The van der Waals surface area contributed by atoms with E-state index in [4.69, 9.17) is 4.74 Å². The third kappa shape index (κ3) is 3.46. The number of carbonyl (C=O) groups is 1. The van der Waals surface area contributed by atoms with Gasteiger partial charge in [0.05, 0.1) is 35.4 Å². The van der Waals surface area contributed by atoms with Crippen molar-refractivity contribution < 1.29 is 9.53 Å². The van der Waals surface area contributed by atoms with E-state index in [1.165, 1.54) is 11.3 Å². The first-order valence-corrected chi connectivity index (χ1v) is 11.9. The summed E-state index contributed by atoms with van der Waals surface area (Å²) in [6, 6.07) is 9.58. The van der Waals surface area contributed by atoms with Crippen LogP contribution in [0.15, 0.2) is 40.1 Å². The predicted octanol–water partition coefficient (Wildman–Crippen LogP) is 2.26. The molecule has 10 heteroatoms. The second kappa shape index (κ2) is 8.20. The third-order valence-electron chi connectivity index (χ3n) is 6.15. The van der Waals surface area contributed by atoms with Crippen LogP contribution in [0.5, 0.6) is 0 Å². The molecule has 0 aliphatic carbocycles. The number of hydrogen-bond acceptors (Lipinski definition) is 8. The fourth-order valence-electron chi connectivity index (χ4n) is 4.46. The third-order valence-corrected chi connectivity index (χ3v) is 7.29. The molecule has 0 bridgehead atoms. The van der Waals surface area contributed by atoms with Crippen LogP contribution in [0.25, 0.3) is 26.1 Å². The Labute approximate surface area is 192 Å². The van der Waals surface area contributed by atoms with E-state index in [0.717, 1.165) is 35.3 Å². The van der Waals surface area contributed by atoms with Crippen LogP contribution in [0.2, 0.25) is 0 Å². The Morgan fingerprint density at radius 2 is 2.03 bits per heavy atom. The summed E-state index contributed by atoms with van der Waals surface area (Å²) in [6.45, 7) is 3.73. The molecule has 2 aliphatic rings. The summed E-state index contributed by atoms with van der Waals surface area (Å²) in [5.74, 6) is 0.236. The molecule has 3 aromatic heterocycles. The summed E-state index contributed by atoms with van der Waals surface area (Å²) in [6.07, 6.45) is 1.89. The van der Waals surface area contributed by atoms with Crippen LogP contribution in [-0.2, 0) is 4.74 Å². The van der Waals surface area contributed by atoms with Gasteiger partial charge in [-0.15, -0.1) is 21.5 Å². The van der Waals surface area contributed by atoms with Crippen molar-refractivity contribution in [1.82, 2.24) is 19.9 Å². The van der Waals surface area contributed by atoms with E-state index >= 15 is 0 Å². The molecule has 0 radical (unpaired) electrons. The normalized spacial score (nSPS) is 16.6. The van der Waals surface area contributed by atoms with Gasteiger partial charge in [-0.25, -0.2) is 0 Å². The number of amides is 1. The molecule has 1 fully saturated rings. The van der Waals surface area contributed by atoms with Gasteiger partial charge in [-0.1, -0.05) is 12.1 Å². The maximum Gasteiger partial charge on any atom is 0.258 e. The molecule has 1 aromatic carbocycles. The smallest absolute Gasteiger partial charge is 0.258 e. The molecule has 1 N–H and O–H groups in total. The summed E-state index contributed by atoms with van der Waals surface area (Å²) in [5, 5.41) is 12.2. The summed E-state index contributed by atoms with van der Waals surface area (Å²) < 4.78 is 8.28. The average Bonchev–Trinajstić information content (AvgIpc) is 3.51. The van der Waals surface area contributed by atoms with Crippen molar-refractivity contribution in [1.29, 1.82) is 0 Å². The monoisotopic (exact) mass is 462 g/mol. The number of anilines is 1. The highest BCUT2D eigenvalue weighted by Crippen LogP contribution is 2.31. The van der Waals surface area contributed by atoms with Crippen LogP contribution in [0.3, 0.4) is 0 Å². The summed E-state index contributed by atoms with van der Waals surface area (Å²) in [7, 11) is 0. The van der Waals surface area contributed by atoms with Crippen molar-refractivity contribution in [3.05, 3.63) is 46.1 Å². The molecular formula is C23H22N6O3S.